The van der Waals surface area contributed by atoms with E-state index in [0.29, 0.717) is 13.1 Å². The van der Waals surface area contributed by atoms with Crippen LogP contribution in [-0.2, 0) is 14.3 Å². The average molecular weight is 414 g/mol. The Morgan fingerprint density at radius 2 is 1.81 bits per heavy atom. The standard InChI is InChI=1S/C25H22N2O4/c28-24-10-9-23(31-24)25(29)27-13-11-21(12-14-27)30-20-7-5-17(6-8-20)19-15-18-3-1-2-4-22(18)26-16-19/h1-9,15-16,21H,10-14H2. The van der Waals surface area contributed by atoms with E-state index in [1.54, 1.807) is 11.0 Å². The maximum atomic E-state index is 12.4. The molecule has 0 saturated carbocycles. The molecular formula is C25H22N2O4. The molecule has 3 aromatic rings. The fourth-order valence-corrected chi connectivity index (χ4v) is 3.99. The SMILES string of the molecule is O=C1CC=C(C(=O)N2CCC(Oc3ccc(-c4cnc5ccccc5c4)cc3)CC2)O1. The van der Waals surface area contributed by atoms with Gasteiger partial charge in [-0.1, -0.05) is 30.3 Å². The number of hydrogen-bond donors (Lipinski definition) is 0. The van der Waals surface area contributed by atoms with Crippen LogP contribution in [0.3, 0.4) is 0 Å². The number of aromatic nitrogens is 1. The monoisotopic (exact) mass is 414 g/mol. The number of benzene rings is 2. The van der Waals surface area contributed by atoms with Crippen LogP contribution in [0, 0.1) is 0 Å². The Bertz CT molecular complexity index is 1160. The first-order valence-corrected chi connectivity index (χ1v) is 10.5. The van der Waals surface area contributed by atoms with E-state index in [9.17, 15) is 9.59 Å². The number of para-hydroxylation sites is 1. The van der Waals surface area contributed by atoms with Crippen molar-refractivity contribution in [3.05, 3.63) is 72.6 Å². The highest BCUT2D eigenvalue weighted by Gasteiger charge is 2.29. The van der Waals surface area contributed by atoms with E-state index in [-0.39, 0.29) is 30.2 Å². The molecule has 1 saturated heterocycles. The van der Waals surface area contributed by atoms with Gasteiger partial charge in [-0.2, -0.15) is 0 Å². The molecule has 1 aromatic heterocycles. The van der Waals surface area contributed by atoms with Gasteiger partial charge in [0.15, 0.2) is 5.76 Å². The summed E-state index contributed by atoms with van der Waals surface area (Å²) in [6, 6.07) is 18.3. The van der Waals surface area contributed by atoms with Gasteiger partial charge in [0, 0.05) is 43.1 Å². The number of nitrogens with zero attached hydrogens (tertiary/aromatic N) is 2. The third-order valence-electron chi connectivity index (χ3n) is 5.70. The van der Waals surface area contributed by atoms with Crippen LogP contribution in [0.4, 0.5) is 0 Å². The van der Waals surface area contributed by atoms with Crippen molar-refractivity contribution in [2.75, 3.05) is 13.1 Å². The molecule has 0 N–H and O–H groups in total. The molecule has 3 heterocycles. The second kappa shape index (κ2) is 8.22. The Morgan fingerprint density at radius 1 is 1.03 bits per heavy atom. The Hall–Kier alpha value is -3.67. The van der Waals surface area contributed by atoms with Crippen LogP contribution in [0.25, 0.3) is 22.0 Å². The summed E-state index contributed by atoms with van der Waals surface area (Å²) in [4.78, 5) is 29.9. The van der Waals surface area contributed by atoms with Crippen LogP contribution in [0.2, 0.25) is 0 Å². The fourth-order valence-electron chi connectivity index (χ4n) is 3.99. The van der Waals surface area contributed by atoms with Gasteiger partial charge >= 0.3 is 5.97 Å². The summed E-state index contributed by atoms with van der Waals surface area (Å²) in [5, 5.41) is 1.12. The second-order valence-corrected chi connectivity index (χ2v) is 7.80. The Morgan fingerprint density at radius 3 is 2.55 bits per heavy atom. The number of fused-ring (bicyclic) bond motifs is 1. The van der Waals surface area contributed by atoms with Crippen LogP contribution in [0.1, 0.15) is 19.3 Å². The van der Waals surface area contributed by atoms with Crippen LogP contribution >= 0.6 is 0 Å². The Balaban J connectivity index is 1.19. The van der Waals surface area contributed by atoms with Gasteiger partial charge in [-0.25, -0.2) is 0 Å². The molecular weight excluding hydrogens is 392 g/mol. The van der Waals surface area contributed by atoms with Gasteiger partial charge in [0.25, 0.3) is 5.91 Å². The van der Waals surface area contributed by atoms with E-state index in [1.165, 1.54) is 0 Å². The quantitative estimate of drug-likeness (QED) is 0.601. The van der Waals surface area contributed by atoms with Crippen LogP contribution in [0.15, 0.2) is 72.6 Å². The molecule has 0 bridgehead atoms. The van der Waals surface area contributed by atoms with E-state index >= 15 is 0 Å². The first kappa shape index (κ1) is 19.3. The topological polar surface area (TPSA) is 68.7 Å². The van der Waals surface area contributed by atoms with E-state index in [4.69, 9.17) is 9.47 Å². The third kappa shape index (κ3) is 4.14. The lowest BCUT2D eigenvalue weighted by Gasteiger charge is -2.32. The Kier molecular flexibility index (Phi) is 5.12. The summed E-state index contributed by atoms with van der Waals surface area (Å²) in [5.74, 6) is 0.389. The molecule has 6 heteroatoms. The van der Waals surface area contributed by atoms with Crippen molar-refractivity contribution >= 4 is 22.8 Å². The highest BCUT2D eigenvalue weighted by molar-refractivity contribution is 5.96. The van der Waals surface area contributed by atoms with E-state index < -0.39 is 0 Å². The molecule has 0 aliphatic carbocycles. The summed E-state index contributed by atoms with van der Waals surface area (Å²) >= 11 is 0. The van der Waals surface area contributed by atoms with Crippen molar-refractivity contribution in [2.24, 2.45) is 0 Å². The van der Waals surface area contributed by atoms with E-state index in [2.05, 4.69) is 17.1 Å². The number of hydrogen-bond acceptors (Lipinski definition) is 5. The number of likely N-dealkylation sites (tertiary alicyclic amines) is 1. The summed E-state index contributed by atoms with van der Waals surface area (Å²) in [6.07, 6.45) is 5.15. The molecule has 5 rings (SSSR count). The van der Waals surface area contributed by atoms with Gasteiger partial charge in [-0.3, -0.25) is 14.6 Å². The molecule has 1 amide bonds. The lowest BCUT2D eigenvalue weighted by atomic mass is 10.0. The van der Waals surface area contributed by atoms with Crippen molar-refractivity contribution in [2.45, 2.75) is 25.4 Å². The van der Waals surface area contributed by atoms with Crippen LogP contribution < -0.4 is 4.74 Å². The van der Waals surface area contributed by atoms with Gasteiger partial charge < -0.3 is 14.4 Å². The molecule has 0 radical (unpaired) electrons. The van der Waals surface area contributed by atoms with E-state index in [1.807, 2.05) is 48.7 Å². The van der Waals surface area contributed by atoms with Gasteiger partial charge in [0.1, 0.15) is 11.9 Å². The number of carbonyl (C=O) groups excluding carboxylic acids is 2. The van der Waals surface area contributed by atoms with Gasteiger partial charge in [-0.05, 0) is 35.9 Å². The average Bonchev–Trinajstić information content (AvgIpc) is 3.25. The summed E-state index contributed by atoms with van der Waals surface area (Å²) < 4.78 is 11.1. The van der Waals surface area contributed by atoms with Crippen molar-refractivity contribution in [1.82, 2.24) is 9.88 Å². The number of ether oxygens (including phenoxy) is 2. The number of amides is 1. The summed E-state index contributed by atoms with van der Waals surface area (Å²) in [7, 11) is 0. The number of pyridine rings is 1. The highest BCUT2D eigenvalue weighted by atomic mass is 16.5. The molecule has 2 aliphatic rings. The predicted octanol–water partition coefficient (Wildman–Crippen LogP) is 4.10. The fraction of sp³-hybridized carbons (Fsp3) is 0.240. The molecule has 0 spiro atoms. The van der Waals surface area contributed by atoms with Gasteiger partial charge in [0.2, 0.25) is 0 Å². The molecule has 1 fully saturated rings. The molecule has 156 valence electrons. The lowest BCUT2D eigenvalue weighted by molar-refractivity contribution is -0.143. The maximum absolute atomic E-state index is 12.4. The largest absolute Gasteiger partial charge is 0.490 e. The van der Waals surface area contributed by atoms with Crippen LogP contribution in [0.5, 0.6) is 5.75 Å². The number of rotatable bonds is 4. The number of esters is 1. The summed E-state index contributed by atoms with van der Waals surface area (Å²) in [6.45, 7) is 1.17. The van der Waals surface area contributed by atoms with Crippen molar-refractivity contribution in [1.29, 1.82) is 0 Å². The zero-order chi connectivity index (χ0) is 21.2. The third-order valence-corrected chi connectivity index (χ3v) is 5.70. The normalized spacial score (nSPS) is 16.8. The molecule has 2 aliphatic heterocycles. The smallest absolute Gasteiger partial charge is 0.315 e. The zero-order valence-corrected chi connectivity index (χ0v) is 17.0. The highest BCUT2D eigenvalue weighted by Crippen LogP contribution is 2.27. The predicted molar refractivity (Wildman–Crippen MR) is 116 cm³/mol. The lowest BCUT2D eigenvalue weighted by Crippen LogP contribution is -2.42. The second-order valence-electron chi connectivity index (χ2n) is 7.80. The molecule has 6 nitrogen and oxygen atoms in total. The number of cyclic esters (lactones) is 1. The molecule has 2 aromatic carbocycles. The first-order valence-electron chi connectivity index (χ1n) is 10.5. The van der Waals surface area contributed by atoms with Crippen LogP contribution in [-0.4, -0.2) is 41.0 Å². The van der Waals surface area contributed by atoms with Crippen molar-refractivity contribution in [3.63, 3.8) is 0 Å². The minimum absolute atomic E-state index is 0.0531. The molecule has 0 atom stereocenters. The zero-order valence-electron chi connectivity index (χ0n) is 17.0. The number of piperidine rings is 1. The molecule has 31 heavy (non-hydrogen) atoms. The Labute approximate surface area is 180 Å². The number of carbonyl (C=O) groups is 2. The minimum atomic E-state index is -0.371. The summed E-state index contributed by atoms with van der Waals surface area (Å²) in [5.41, 5.74) is 3.14. The van der Waals surface area contributed by atoms with Crippen molar-refractivity contribution in [3.8, 4) is 16.9 Å². The van der Waals surface area contributed by atoms with Gasteiger partial charge in [0.05, 0.1) is 11.9 Å². The molecule has 0 unspecified atom stereocenters. The minimum Gasteiger partial charge on any atom is -0.490 e. The van der Waals surface area contributed by atoms with Crippen molar-refractivity contribution < 1.29 is 19.1 Å². The van der Waals surface area contributed by atoms with Gasteiger partial charge in [-0.15, -0.1) is 0 Å². The first-order chi connectivity index (χ1) is 15.2. The van der Waals surface area contributed by atoms with E-state index in [0.717, 1.165) is 40.6 Å². The maximum Gasteiger partial charge on any atom is 0.315 e.